The molecule has 104 valence electrons. The molecule has 2 rings (SSSR count). The maximum absolute atomic E-state index is 8.69. The van der Waals surface area contributed by atoms with Crippen LogP contribution in [-0.2, 0) is 6.61 Å². The van der Waals surface area contributed by atoms with Crippen LogP contribution in [0.2, 0.25) is 0 Å². The van der Waals surface area contributed by atoms with Crippen LogP contribution in [0.4, 0.5) is 0 Å². The molecule has 0 aromatic heterocycles. The average molecular weight is 336 g/mol. The van der Waals surface area contributed by atoms with Crippen molar-refractivity contribution in [3.8, 4) is 11.5 Å². The Morgan fingerprint density at radius 3 is 2.60 bits per heavy atom. The van der Waals surface area contributed by atoms with E-state index >= 15 is 0 Å². The second-order valence-corrected chi connectivity index (χ2v) is 4.95. The van der Waals surface area contributed by atoms with Gasteiger partial charge < -0.3 is 14.7 Å². The highest BCUT2D eigenvalue weighted by Crippen LogP contribution is 2.30. The number of methoxy groups -OCH3 is 1. The molecule has 2 aromatic carbocycles. The van der Waals surface area contributed by atoms with Gasteiger partial charge in [0.25, 0.3) is 0 Å². The van der Waals surface area contributed by atoms with E-state index in [-0.39, 0.29) is 0 Å². The van der Waals surface area contributed by atoms with Gasteiger partial charge in [0.05, 0.1) is 13.3 Å². The topological polar surface area (TPSA) is 51.0 Å². The number of para-hydroxylation sites is 1. The molecule has 0 unspecified atom stereocenters. The third-order valence-corrected chi connectivity index (χ3v) is 3.25. The van der Waals surface area contributed by atoms with Crippen LogP contribution in [0.1, 0.15) is 11.1 Å². The molecule has 1 N–H and O–H groups in total. The Kier molecular flexibility index (Phi) is 5.01. The first kappa shape index (κ1) is 14.4. The first-order valence-electron chi connectivity index (χ1n) is 5.96. The monoisotopic (exact) mass is 335 g/mol. The van der Waals surface area contributed by atoms with Gasteiger partial charge in [-0.25, -0.2) is 0 Å². The van der Waals surface area contributed by atoms with E-state index in [9.17, 15) is 0 Å². The minimum absolute atomic E-state index is 0.403. The first-order chi connectivity index (χ1) is 9.74. The highest BCUT2D eigenvalue weighted by Gasteiger charge is 2.09. The molecule has 0 spiro atoms. The minimum atomic E-state index is 0.403. The summed E-state index contributed by atoms with van der Waals surface area (Å²) in [6, 6.07) is 13.2. The molecule has 0 amide bonds. The molecule has 0 radical (unpaired) electrons. The number of hydrogen-bond donors (Lipinski definition) is 1. The summed E-state index contributed by atoms with van der Waals surface area (Å²) in [5.41, 5.74) is 1.69. The van der Waals surface area contributed by atoms with Crippen molar-refractivity contribution in [3.63, 3.8) is 0 Å². The van der Waals surface area contributed by atoms with Gasteiger partial charge in [-0.3, -0.25) is 0 Å². The minimum Gasteiger partial charge on any atom is -0.493 e. The molecule has 0 atom stereocenters. The second-order valence-electron chi connectivity index (χ2n) is 4.04. The van der Waals surface area contributed by atoms with Gasteiger partial charge in [0.2, 0.25) is 0 Å². The predicted octanol–water partition coefficient (Wildman–Crippen LogP) is 3.84. The smallest absolute Gasteiger partial charge is 0.170 e. The lowest BCUT2D eigenvalue weighted by Gasteiger charge is -2.13. The van der Waals surface area contributed by atoms with E-state index in [0.29, 0.717) is 23.7 Å². The maximum atomic E-state index is 8.69. The van der Waals surface area contributed by atoms with E-state index in [1.807, 2.05) is 30.3 Å². The summed E-state index contributed by atoms with van der Waals surface area (Å²) in [6.45, 7) is 0.403. The van der Waals surface area contributed by atoms with Crippen LogP contribution in [0.3, 0.4) is 0 Å². The summed E-state index contributed by atoms with van der Waals surface area (Å²) < 4.78 is 12.1. The van der Waals surface area contributed by atoms with Crippen LogP contribution in [0.5, 0.6) is 11.5 Å². The number of nitrogens with zero attached hydrogens (tertiary/aromatic N) is 1. The fraction of sp³-hybridized carbons (Fsp3) is 0.133. The van der Waals surface area contributed by atoms with Gasteiger partial charge in [0.1, 0.15) is 6.61 Å². The van der Waals surface area contributed by atoms with Crippen LogP contribution in [0.15, 0.2) is 52.1 Å². The van der Waals surface area contributed by atoms with Crippen molar-refractivity contribution < 1.29 is 14.7 Å². The fourth-order valence-corrected chi connectivity index (χ4v) is 2.01. The van der Waals surface area contributed by atoms with E-state index in [1.54, 1.807) is 19.2 Å². The van der Waals surface area contributed by atoms with Crippen LogP contribution < -0.4 is 9.47 Å². The standard InChI is InChI=1S/C15H14BrNO3/c1-19-14-4-2-3-12(9-17-18)15(14)20-10-11-5-7-13(16)8-6-11/h2-9,18H,10H2,1H3. The number of rotatable bonds is 5. The summed E-state index contributed by atoms with van der Waals surface area (Å²) in [6.07, 6.45) is 1.32. The van der Waals surface area contributed by atoms with E-state index in [1.165, 1.54) is 6.21 Å². The lowest BCUT2D eigenvalue weighted by Crippen LogP contribution is -2.00. The number of ether oxygens (including phenoxy) is 2. The van der Waals surface area contributed by atoms with Crippen molar-refractivity contribution >= 4 is 22.1 Å². The summed E-state index contributed by atoms with van der Waals surface area (Å²) in [4.78, 5) is 0. The largest absolute Gasteiger partial charge is 0.493 e. The van der Waals surface area contributed by atoms with Crippen LogP contribution >= 0.6 is 15.9 Å². The second kappa shape index (κ2) is 6.96. The Morgan fingerprint density at radius 1 is 1.20 bits per heavy atom. The van der Waals surface area contributed by atoms with Crippen LogP contribution in [0.25, 0.3) is 0 Å². The van der Waals surface area contributed by atoms with Gasteiger partial charge in [-0.2, -0.15) is 0 Å². The lowest BCUT2D eigenvalue weighted by molar-refractivity contribution is 0.283. The van der Waals surface area contributed by atoms with E-state index in [0.717, 1.165) is 10.0 Å². The quantitative estimate of drug-likeness (QED) is 0.513. The van der Waals surface area contributed by atoms with Crippen molar-refractivity contribution in [1.29, 1.82) is 0 Å². The van der Waals surface area contributed by atoms with Crippen molar-refractivity contribution in [2.45, 2.75) is 6.61 Å². The molecule has 0 aliphatic carbocycles. The van der Waals surface area contributed by atoms with E-state index in [2.05, 4.69) is 21.1 Å². The Morgan fingerprint density at radius 2 is 1.95 bits per heavy atom. The zero-order valence-corrected chi connectivity index (χ0v) is 12.5. The number of hydrogen-bond acceptors (Lipinski definition) is 4. The van der Waals surface area contributed by atoms with Crippen molar-refractivity contribution in [3.05, 3.63) is 58.1 Å². The predicted molar refractivity (Wildman–Crippen MR) is 80.8 cm³/mol. The third kappa shape index (κ3) is 3.51. The molecule has 0 fully saturated rings. The SMILES string of the molecule is COc1cccc(C=NO)c1OCc1ccc(Br)cc1. The van der Waals surface area contributed by atoms with Gasteiger partial charge in [-0.15, -0.1) is 0 Å². The molecule has 0 bridgehead atoms. The molecule has 5 heteroatoms. The van der Waals surface area contributed by atoms with Gasteiger partial charge in [0.15, 0.2) is 11.5 Å². The Labute approximate surface area is 125 Å². The fourth-order valence-electron chi connectivity index (χ4n) is 1.75. The number of oxime groups is 1. The van der Waals surface area contributed by atoms with Crippen molar-refractivity contribution in [2.75, 3.05) is 7.11 Å². The Bertz CT molecular complexity index is 597. The molecule has 0 aliphatic rings. The molecule has 0 saturated heterocycles. The van der Waals surface area contributed by atoms with Gasteiger partial charge in [-0.1, -0.05) is 39.3 Å². The highest BCUT2D eigenvalue weighted by atomic mass is 79.9. The molecule has 0 saturated carbocycles. The Balaban J connectivity index is 2.21. The van der Waals surface area contributed by atoms with E-state index < -0.39 is 0 Å². The molecule has 4 nitrogen and oxygen atoms in total. The summed E-state index contributed by atoms with van der Waals surface area (Å²) in [7, 11) is 1.57. The van der Waals surface area contributed by atoms with E-state index in [4.69, 9.17) is 14.7 Å². The number of benzene rings is 2. The van der Waals surface area contributed by atoms with Gasteiger partial charge >= 0.3 is 0 Å². The van der Waals surface area contributed by atoms with Crippen molar-refractivity contribution in [2.24, 2.45) is 5.16 Å². The zero-order chi connectivity index (χ0) is 14.4. The van der Waals surface area contributed by atoms with Crippen molar-refractivity contribution in [1.82, 2.24) is 0 Å². The molecular weight excluding hydrogens is 322 g/mol. The van der Waals surface area contributed by atoms with Crippen LogP contribution in [0, 0.1) is 0 Å². The third-order valence-electron chi connectivity index (χ3n) is 2.72. The molecule has 0 aliphatic heterocycles. The summed E-state index contributed by atoms with van der Waals surface area (Å²) >= 11 is 3.39. The van der Waals surface area contributed by atoms with Gasteiger partial charge in [0, 0.05) is 10.0 Å². The normalized spacial score (nSPS) is 10.7. The molecule has 0 heterocycles. The average Bonchev–Trinajstić information content (AvgIpc) is 2.47. The molecule has 2 aromatic rings. The summed E-state index contributed by atoms with van der Waals surface area (Å²) in [5.74, 6) is 1.15. The summed E-state index contributed by atoms with van der Waals surface area (Å²) in [5, 5.41) is 11.7. The maximum Gasteiger partial charge on any atom is 0.170 e. The zero-order valence-electron chi connectivity index (χ0n) is 10.9. The van der Waals surface area contributed by atoms with Crippen LogP contribution in [-0.4, -0.2) is 18.5 Å². The van der Waals surface area contributed by atoms with Gasteiger partial charge in [-0.05, 0) is 29.8 Å². The number of halogens is 1. The Hall–Kier alpha value is -2.01. The first-order valence-corrected chi connectivity index (χ1v) is 6.75. The molecule has 20 heavy (non-hydrogen) atoms. The molecular formula is C15H14BrNO3. The highest BCUT2D eigenvalue weighted by molar-refractivity contribution is 9.10. The lowest BCUT2D eigenvalue weighted by atomic mass is 10.2.